The zero-order chi connectivity index (χ0) is 13.2. The van der Waals surface area contributed by atoms with Crippen molar-refractivity contribution in [1.29, 1.82) is 0 Å². The van der Waals surface area contributed by atoms with Crippen molar-refractivity contribution in [3.8, 4) is 5.75 Å². The molecule has 0 amide bonds. The minimum atomic E-state index is -0.520. The smallest absolute Gasteiger partial charge is 0.309 e. The Morgan fingerprint density at radius 1 is 1.50 bits per heavy atom. The third-order valence-electron chi connectivity index (χ3n) is 3.18. The third-order valence-corrected chi connectivity index (χ3v) is 3.83. The topological polar surface area (TPSA) is 35.5 Å². The van der Waals surface area contributed by atoms with Crippen LogP contribution in [0.15, 0.2) is 22.7 Å². The van der Waals surface area contributed by atoms with Gasteiger partial charge in [-0.15, -0.1) is 0 Å². The molecule has 98 valence electrons. The Balaban J connectivity index is 2.10. The van der Waals surface area contributed by atoms with Gasteiger partial charge in [-0.05, 0) is 47.3 Å². The van der Waals surface area contributed by atoms with Crippen LogP contribution in [-0.4, -0.2) is 18.7 Å². The number of carbonyl (C=O) groups is 1. The fraction of sp³-hybridized carbons (Fsp3) is 0.462. The highest BCUT2D eigenvalue weighted by molar-refractivity contribution is 9.10. The van der Waals surface area contributed by atoms with Crippen molar-refractivity contribution in [3.05, 3.63) is 28.5 Å². The zero-order valence-electron chi connectivity index (χ0n) is 10.0. The Morgan fingerprint density at radius 2 is 2.22 bits per heavy atom. The van der Waals surface area contributed by atoms with Crippen LogP contribution in [0.4, 0.5) is 4.39 Å². The van der Waals surface area contributed by atoms with Gasteiger partial charge in [0.05, 0.1) is 18.0 Å². The van der Waals surface area contributed by atoms with E-state index in [9.17, 15) is 9.18 Å². The maximum Gasteiger partial charge on any atom is 0.309 e. The molecule has 0 heterocycles. The lowest BCUT2D eigenvalue weighted by atomic mass is 9.77. The molecule has 3 nitrogen and oxygen atoms in total. The number of rotatable bonds is 4. The molecule has 0 N–H and O–H groups in total. The summed E-state index contributed by atoms with van der Waals surface area (Å²) in [5, 5.41) is 0. The number of halogens is 2. The fourth-order valence-corrected chi connectivity index (χ4v) is 2.26. The van der Waals surface area contributed by atoms with Crippen LogP contribution < -0.4 is 4.74 Å². The van der Waals surface area contributed by atoms with E-state index in [0.717, 1.165) is 19.3 Å². The van der Waals surface area contributed by atoms with Gasteiger partial charge in [-0.2, -0.15) is 0 Å². The van der Waals surface area contributed by atoms with Gasteiger partial charge in [0.1, 0.15) is 17.2 Å². The number of ether oxygens (including phenoxy) is 2. The Hall–Kier alpha value is -1.10. The van der Waals surface area contributed by atoms with E-state index < -0.39 is 5.60 Å². The van der Waals surface area contributed by atoms with E-state index in [4.69, 9.17) is 4.74 Å². The summed E-state index contributed by atoms with van der Waals surface area (Å²) in [7, 11) is 1.36. The van der Waals surface area contributed by atoms with E-state index >= 15 is 0 Å². The number of hydrogen-bond donors (Lipinski definition) is 0. The molecule has 0 aromatic heterocycles. The molecule has 0 unspecified atom stereocenters. The highest BCUT2D eigenvalue weighted by atomic mass is 79.9. The molecule has 1 saturated carbocycles. The van der Waals surface area contributed by atoms with E-state index in [-0.39, 0.29) is 18.2 Å². The Kier molecular flexibility index (Phi) is 3.90. The normalized spacial score (nSPS) is 16.8. The van der Waals surface area contributed by atoms with E-state index in [1.54, 1.807) is 12.1 Å². The highest BCUT2D eigenvalue weighted by Gasteiger charge is 2.41. The van der Waals surface area contributed by atoms with Crippen LogP contribution in [0.25, 0.3) is 0 Å². The second-order valence-corrected chi connectivity index (χ2v) is 5.32. The summed E-state index contributed by atoms with van der Waals surface area (Å²) < 4.78 is 24.2. The standard InChI is InChI=1S/C13H14BrFO3/c1-17-12(16)8-13(5-2-6-13)18-9-3-4-10(14)11(15)7-9/h3-4,7H,2,5-6,8H2,1H3. The molecule has 18 heavy (non-hydrogen) atoms. The lowest BCUT2D eigenvalue weighted by Gasteiger charge is -2.41. The number of carbonyl (C=O) groups excluding carboxylic acids is 1. The van der Waals surface area contributed by atoms with Crippen LogP contribution in [0.1, 0.15) is 25.7 Å². The molecule has 0 spiro atoms. The summed E-state index contributed by atoms with van der Waals surface area (Å²) in [6.45, 7) is 0. The van der Waals surface area contributed by atoms with Crippen molar-refractivity contribution < 1.29 is 18.7 Å². The first kappa shape index (κ1) is 13.3. The maximum atomic E-state index is 13.4. The molecule has 0 bridgehead atoms. The Morgan fingerprint density at radius 3 is 2.72 bits per heavy atom. The first-order chi connectivity index (χ1) is 8.54. The van der Waals surface area contributed by atoms with E-state index in [1.165, 1.54) is 13.2 Å². The second kappa shape index (κ2) is 5.26. The molecular formula is C13H14BrFO3. The van der Waals surface area contributed by atoms with Crippen LogP contribution in [-0.2, 0) is 9.53 Å². The predicted octanol–water partition coefficient (Wildman–Crippen LogP) is 3.45. The SMILES string of the molecule is COC(=O)CC1(Oc2ccc(Br)c(F)c2)CCC1. The van der Waals surface area contributed by atoms with Gasteiger partial charge < -0.3 is 9.47 Å². The molecule has 1 aliphatic rings. The van der Waals surface area contributed by atoms with Crippen LogP contribution in [0.5, 0.6) is 5.75 Å². The highest BCUT2D eigenvalue weighted by Crippen LogP contribution is 2.40. The first-order valence-corrected chi connectivity index (χ1v) is 6.55. The lowest BCUT2D eigenvalue weighted by molar-refractivity contribution is -0.148. The van der Waals surface area contributed by atoms with Gasteiger partial charge in [0.15, 0.2) is 0 Å². The molecule has 1 aliphatic carbocycles. The van der Waals surface area contributed by atoms with Crippen LogP contribution in [0.2, 0.25) is 0 Å². The molecule has 1 fully saturated rings. The average molecular weight is 317 g/mol. The molecule has 0 saturated heterocycles. The van der Waals surface area contributed by atoms with Crippen LogP contribution in [0.3, 0.4) is 0 Å². The summed E-state index contributed by atoms with van der Waals surface area (Å²) in [4.78, 5) is 11.3. The molecule has 5 heteroatoms. The summed E-state index contributed by atoms with van der Waals surface area (Å²) in [5.74, 6) is -0.230. The minimum absolute atomic E-state index is 0.210. The Bertz CT molecular complexity index is 458. The maximum absolute atomic E-state index is 13.4. The predicted molar refractivity (Wildman–Crippen MR) is 67.9 cm³/mol. The average Bonchev–Trinajstić information content (AvgIpc) is 2.30. The molecule has 1 aromatic carbocycles. The summed E-state index contributed by atoms with van der Waals surface area (Å²) in [6, 6.07) is 4.60. The van der Waals surface area contributed by atoms with Crippen molar-refractivity contribution >= 4 is 21.9 Å². The molecule has 0 atom stereocenters. The molecular weight excluding hydrogens is 303 g/mol. The van der Waals surface area contributed by atoms with E-state index in [2.05, 4.69) is 20.7 Å². The monoisotopic (exact) mass is 316 g/mol. The minimum Gasteiger partial charge on any atom is -0.487 e. The van der Waals surface area contributed by atoms with Crippen molar-refractivity contribution in [3.63, 3.8) is 0 Å². The lowest BCUT2D eigenvalue weighted by Crippen LogP contribution is -2.45. The van der Waals surface area contributed by atoms with Gasteiger partial charge in [-0.3, -0.25) is 4.79 Å². The summed E-state index contributed by atoms with van der Waals surface area (Å²) in [6.07, 6.45) is 2.80. The van der Waals surface area contributed by atoms with Crippen molar-refractivity contribution in [1.82, 2.24) is 0 Å². The summed E-state index contributed by atoms with van der Waals surface area (Å²) >= 11 is 3.09. The van der Waals surface area contributed by atoms with Gasteiger partial charge in [-0.25, -0.2) is 4.39 Å². The first-order valence-electron chi connectivity index (χ1n) is 5.75. The van der Waals surface area contributed by atoms with E-state index in [0.29, 0.717) is 10.2 Å². The molecule has 2 rings (SSSR count). The zero-order valence-corrected chi connectivity index (χ0v) is 11.6. The van der Waals surface area contributed by atoms with Gasteiger partial charge in [0.2, 0.25) is 0 Å². The molecule has 1 aromatic rings. The van der Waals surface area contributed by atoms with E-state index in [1.807, 2.05) is 0 Å². The van der Waals surface area contributed by atoms with Gasteiger partial charge in [0.25, 0.3) is 0 Å². The van der Waals surface area contributed by atoms with Crippen LogP contribution in [0, 0.1) is 5.82 Å². The molecule has 0 aliphatic heterocycles. The van der Waals surface area contributed by atoms with Crippen molar-refractivity contribution in [2.24, 2.45) is 0 Å². The van der Waals surface area contributed by atoms with Gasteiger partial charge >= 0.3 is 5.97 Å². The quantitative estimate of drug-likeness (QED) is 0.798. The third kappa shape index (κ3) is 2.83. The van der Waals surface area contributed by atoms with Crippen molar-refractivity contribution in [2.75, 3.05) is 7.11 Å². The van der Waals surface area contributed by atoms with Gasteiger partial charge in [0, 0.05) is 6.07 Å². The largest absolute Gasteiger partial charge is 0.487 e. The fourth-order valence-electron chi connectivity index (χ4n) is 2.01. The number of hydrogen-bond acceptors (Lipinski definition) is 3. The molecule has 0 radical (unpaired) electrons. The van der Waals surface area contributed by atoms with Gasteiger partial charge in [-0.1, -0.05) is 0 Å². The Labute approximate surface area is 113 Å². The second-order valence-electron chi connectivity index (χ2n) is 4.47. The number of methoxy groups -OCH3 is 1. The van der Waals surface area contributed by atoms with Crippen molar-refractivity contribution in [2.45, 2.75) is 31.3 Å². The number of esters is 1. The number of benzene rings is 1. The van der Waals surface area contributed by atoms with Crippen LogP contribution >= 0.6 is 15.9 Å². The summed E-state index contributed by atoms with van der Waals surface area (Å²) in [5.41, 5.74) is -0.520.